The highest BCUT2D eigenvalue weighted by Crippen LogP contribution is 2.18. The Labute approximate surface area is 151 Å². The number of hydrogen-bond donors (Lipinski definition) is 2. The molecule has 2 heterocycles. The quantitative estimate of drug-likeness (QED) is 0.586. The van der Waals surface area contributed by atoms with Crippen molar-refractivity contribution in [2.24, 2.45) is 10.9 Å². The Hall–Kier alpha value is -1.14. The largest absolute Gasteiger partial charge is 0.356 e. The van der Waals surface area contributed by atoms with E-state index < -0.39 is 0 Å². The summed E-state index contributed by atoms with van der Waals surface area (Å²) in [5.41, 5.74) is 1.16. The third kappa shape index (κ3) is 5.74. The molecule has 1 aliphatic heterocycles. The number of aromatic nitrogens is 1. The summed E-state index contributed by atoms with van der Waals surface area (Å²) in [6, 6.07) is 0.634. The van der Waals surface area contributed by atoms with Crippen LogP contribution in [0.4, 0.5) is 0 Å². The van der Waals surface area contributed by atoms with Gasteiger partial charge in [0.05, 0.1) is 10.7 Å². The van der Waals surface area contributed by atoms with E-state index in [-0.39, 0.29) is 0 Å². The van der Waals surface area contributed by atoms with Crippen molar-refractivity contribution < 1.29 is 0 Å². The van der Waals surface area contributed by atoms with Gasteiger partial charge in [0.25, 0.3) is 0 Å². The average molecular weight is 352 g/mol. The van der Waals surface area contributed by atoms with E-state index >= 15 is 0 Å². The first-order valence-electron chi connectivity index (χ1n) is 9.11. The number of aryl methyl sites for hydroxylation is 2. The van der Waals surface area contributed by atoms with Crippen LogP contribution in [0, 0.1) is 19.8 Å². The molecule has 0 unspecified atom stereocenters. The molecule has 1 aromatic rings. The first-order valence-corrected chi connectivity index (χ1v) is 9.92. The van der Waals surface area contributed by atoms with Crippen molar-refractivity contribution in [2.75, 3.05) is 33.2 Å². The molecular weight excluding hydrogens is 318 g/mol. The molecule has 1 fully saturated rings. The predicted octanol–water partition coefficient (Wildman–Crippen LogP) is 2.59. The number of nitrogens with one attached hydrogen (secondary N) is 2. The van der Waals surface area contributed by atoms with E-state index in [9.17, 15) is 0 Å². The highest BCUT2D eigenvalue weighted by atomic mass is 32.1. The van der Waals surface area contributed by atoms with E-state index in [1.807, 2.05) is 7.05 Å². The maximum Gasteiger partial charge on any atom is 0.191 e. The summed E-state index contributed by atoms with van der Waals surface area (Å²) in [5, 5.41) is 8.11. The highest BCUT2D eigenvalue weighted by Gasteiger charge is 2.24. The summed E-state index contributed by atoms with van der Waals surface area (Å²) in [6.07, 6.45) is 3.55. The minimum absolute atomic E-state index is 0.634. The fourth-order valence-corrected chi connectivity index (χ4v) is 4.14. The van der Waals surface area contributed by atoms with Gasteiger partial charge >= 0.3 is 0 Å². The summed E-state index contributed by atoms with van der Waals surface area (Å²) in [4.78, 5) is 12.9. The number of likely N-dealkylation sites (tertiary alicyclic amines) is 1. The fourth-order valence-electron chi connectivity index (χ4n) is 3.20. The maximum absolute atomic E-state index is 4.59. The molecule has 0 aromatic carbocycles. The summed E-state index contributed by atoms with van der Waals surface area (Å²) in [6.45, 7) is 13.1. The van der Waals surface area contributed by atoms with E-state index in [4.69, 9.17) is 0 Å². The summed E-state index contributed by atoms with van der Waals surface area (Å²) < 4.78 is 0. The molecule has 1 aliphatic rings. The van der Waals surface area contributed by atoms with Crippen LogP contribution in [0.15, 0.2) is 4.99 Å². The molecule has 2 rings (SSSR count). The molecule has 0 saturated carbocycles. The second-order valence-electron chi connectivity index (χ2n) is 7.06. The minimum atomic E-state index is 0.634. The van der Waals surface area contributed by atoms with E-state index in [1.54, 1.807) is 11.3 Å². The third-order valence-corrected chi connectivity index (χ3v) is 5.66. The van der Waals surface area contributed by atoms with Crippen LogP contribution < -0.4 is 10.6 Å². The van der Waals surface area contributed by atoms with Gasteiger partial charge in [0.2, 0.25) is 0 Å². The normalized spacial score (nSPS) is 19.2. The van der Waals surface area contributed by atoms with E-state index in [2.05, 4.69) is 53.2 Å². The van der Waals surface area contributed by atoms with E-state index in [1.165, 1.54) is 35.8 Å². The molecule has 1 atom stereocenters. The number of aliphatic imine (C=N–C) groups is 1. The van der Waals surface area contributed by atoms with Crippen LogP contribution in [0.2, 0.25) is 0 Å². The van der Waals surface area contributed by atoms with Gasteiger partial charge in [-0.1, -0.05) is 13.8 Å². The van der Waals surface area contributed by atoms with Gasteiger partial charge in [0.1, 0.15) is 0 Å². The lowest BCUT2D eigenvalue weighted by molar-refractivity contribution is 0.226. The highest BCUT2D eigenvalue weighted by molar-refractivity contribution is 7.11. The van der Waals surface area contributed by atoms with Crippen LogP contribution in [0.5, 0.6) is 0 Å². The Kier molecular flexibility index (Phi) is 7.49. The smallest absolute Gasteiger partial charge is 0.191 e. The third-order valence-electron chi connectivity index (χ3n) is 4.53. The monoisotopic (exact) mass is 351 g/mol. The molecule has 2 N–H and O–H groups in total. The van der Waals surface area contributed by atoms with Gasteiger partial charge in [-0.2, -0.15) is 0 Å². The van der Waals surface area contributed by atoms with Crippen molar-refractivity contribution >= 4 is 17.3 Å². The molecule has 1 saturated heterocycles. The van der Waals surface area contributed by atoms with Gasteiger partial charge in [-0.3, -0.25) is 9.89 Å². The molecule has 0 aliphatic carbocycles. The van der Waals surface area contributed by atoms with Gasteiger partial charge in [0.15, 0.2) is 5.96 Å². The van der Waals surface area contributed by atoms with Crippen LogP contribution >= 0.6 is 11.3 Å². The lowest BCUT2D eigenvalue weighted by atomic mass is 10.1. The van der Waals surface area contributed by atoms with Crippen LogP contribution in [0.3, 0.4) is 0 Å². The summed E-state index contributed by atoms with van der Waals surface area (Å²) >= 11 is 1.80. The molecule has 0 bridgehead atoms. The Morgan fingerprint density at radius 3 is 2.79 bits per heavy atom. The van der Waals surface area contributed by atoms with Crippen molar-refractivity contribution in [1.82, 2.24) is 20.5 Å². The molecule has 6 heteroatoms. The average Bonchev–Trinajstić information content (AvgIpc) is 3.09. The van der Waals surface area contributed by atoms with Crippen molar-refractivity contribution in [1.29, 1.82) is 0 Å². The number of rotatable bonds is 7. The standard InChI is InChI=1S/C18H33N5S/c1-13(2)12-23-10-6-7-16(23)11-21-18(19-5)20-9-8-17-22-14(3)15(4)24-17/h13,16H,6-12H2,1-5H3,(H2,19,20,21)/t16-/m1/s1. The second-order valence-corrected chi connectivity index (χ2v) is 8.35. The van der Waals surface area contributed by atoms with Crippen molar-refractivity contribution in [3.63, 3.8) is 0 Å². The zero-order valence-electron chi connectivity index (χ0n) is 15.9. The molecule has 24 heavy (non-hydrogen) atoms. The second kappa shape index (κ2) is 9.37. The zero-order valence-corrected chi connectivity index (χ0v) is 16.7. The Bertz CT molecular complexity index is 518. The number of hydrogen-bond acceptors (Lipinski definition) is 4. The van der Waals surface area contributed by atoms with Crippen molar-refractivity contribution in [3.05, 3.63) is 15.6 Å². The van der Waals surface area contributed by atoms with Crippen LogP contribution in [-0.2, 0) is 6.42 Å². The number of thiazole rings is 1. The van der Waals surface area contributed by atoms with Gasteiger partial charge in [-0.25, -0.2) is 4.98 Å². The summed E-state index contributed by atoms with van der Waals surface area (Å²) in [7, 11) is 1.84. The molecule has 0 radical (unpaired) electrons. The lowest BCUT2D eigenvalue weighted by Gasteiger charge is -2.27. The molecule has 0 amide bonds. The van der Waals surface area contributed by atoms with Crippen molar-refractivity contribution in [2.45, 2.75) is 53.0 Å². The van der Waals surface area contributed by atoms with E-state index in [0.717, 1.165) is 37.1 Å². The SMILES string of the molecule is CN=C(NCCc1nc(C)c(C)s1)NC[C@H]1CCCN1CC(C)C. The van der Waals surface area contributed by atoms with Crippen LogP contribution in [0.1, 0.15) is 42.3 Å². The molecule has 0 spiro atoms. The fraction of sp³-hybridized carbons (Fsp3) is 0.778. The Balaban J connectivity index is 1.72. The number of guanidine groups is 1. The van der Waals surface area contributed by atoms with Crippen molar-refractivity contribution in [3.8, 4) is 0 Å². The van der Waals surface area contributed by atoms with Gasteiger partial charge in [0, 0.05) is 44.0 Å². The van der Waals surface area contributed by atoms with Gasteiger partial charge < -0.3 is 10.6 Å². The van der Waals surface area contributed by atoms with Crippen LogP contribution in [-0.4, -0.2) is 55.1 Å². The van der Waals surface area contributed by atoms with E-state index in [0.29, 0.717) is 6.04 Å². The summed E-state index contributed by atoms with van der Waals surface area (Å²) in [5.74, 6) is 1.63. The first kappa shape index (κ1) is 19.2. The lowest BCUT2D eigenvalue weighted by Crippen LogP contribution is -2.46. The molecular formula is C18H33N5S. The molecule has 5 nitrogen and oxygen atoms in total. The Morgan fingerprint density at radius 1 is 1.38 bits per heavy atom. The number of nitrogens with zero attached hydrogens (tertiary/aromatic N) is 3. The zero-order chi connectivity index (χ0) is 17.5. The predicted molar refractivity (Wildman–Crippen MR) is 104 cm³/mol. The topological polar surface area (TPSA) is 52.6 Å². The van der Waals surface area contributed by atoms with Crippen LogP contribution in [0.25, 0.3) is 0 Å². The molecule has 1 aromatic heterocycles. The van der Waals surface area contributed by atoms with Gasteiger partial charge in [-0.15, -0.1) is 11.3 Å². The molecule has 136 valence electrons. The van der Waals surface area contributed by atoms with Gasteiger partial charge in [-0.05, 0) is 39.2 Å². The minimum Gasteiger partial charge on any atom is -0.356 e. The Morgan fingerprint density at radius 2 is 2.17 bits per heavy atom. The maximum atomic E-state index is 4.59. The first-order chi connectivity index (χ1) is 11.5.